The Morgan fingerprint density at radius 2 is 1.52 bits per heavy atom. The van der Waals surface area contributed by atoms with Crippen molar-refractivity contribution in [1.29, 1.82) is 5.26 Å². The van der Waals surface area contributed by atoms with Gasteiger partial charge in [0.05, 0.1) is 17.0 Å². The third-order valence-electron chi connectivity index (χ3n) is 6.62. The smallest absolute Gasteiger partial charge is 0.243 e. The van der Waals surface area contributed by atoms with Gasteiger partial charge in [-0.05, 0) is 40.8 Å². The number of likely N-dealkylation sites (N-methyl/N-ethyl adjacent to an activating group) is 1. The molecule has 6 nitrogen and oxygen atoms in total. The van der Waals surface area contributed by atoms with Gasteiger partial charge >= 0.3 is 0 Å². The van der Waals surface area contributed by atoms with Crippen molar-refractivity contribution in [2.75, 3.05) is 7.05 Å². The Balaban J connectivity index is 1.51. The van der Waals surface area contributed by atoms with E-state index in [1.807, 2.05) is 60.7 Å². The summed E-state index contributed by atoms with van der Waals surface area (Å²) in [7, 11) is -1.99. The summed E-state index contributed by atoms with van der Waals surface area (Å²) in [5.74, 6) is 0. The molecule has 0 spiro atoms. The van der Waals surface area contributed by atoms with Gasteiger partial charge in [0, 0.05) is 26.1 Å². The van der Waals surface area contributed by atoms with Crippen molar-refractivity contribution < 1.29 is 13.3 Å². The minimum Gasteiger partial charge on any atom is -0.280 e. The first-order valence-corrected chi connectivity index (χ1v) is 12.4. The summed E-state index contributed by atoms with van der Waals surface area (Å²) in [6.45, 7) is 0.297. The van der Waals surface area contributed by atoms with Gasteiger partial charge in [0.1, 0.15) is 0 Å². The standard InChI is InChI=1S/C26H25N3O3S/c1-28-25(16-23(17-27)32-28)26-15-21-9-5-6-10-22(21)18-29(26)33(30,31)24-13-11-20(12-14-24)19-7-3-2-4-8-19/h2-14,23,25-26H,15-16,18H2,1H3/t23-,25-,26+/m0/s1. The second-order valence-electron chi connectivity index (χ2n) is 8.55. The van der Waals surface area contributed by atoms with Gasteiger partial charge in [-0.15, -0.1) is 0 Å². The Morgan fingerprint density at radius 3 is 2.18 bits per heavy atom. The first-order chi connectivity index (χ1) is 16.0. The first kappa shape index (κ1) is 21.8. The van der Waals surface area contributed by atoms with Crippen LogP contribution < -0.4 is 0 Å². The largest absolute Gasteiger partial charge is 0.280 e. The van der Waals surface area contributed by atoms with Crippen molar-refractivity contribution in [1.82, 2.24) is 9.37 Å². The molecule has 0 N–H and O–H groups in total. The van der Waals surface area contributed by atoms with Gasteiger partial charge in [0.2, 0.25) is 10.0 Å². The van der Waals surface area contributed by atoms with Crippen molar-refractivity contribution in [3.8, 4) is 17.2 Å². The quantitative estimate of drug-likeness (QED) is 0.590. The number of benzene rings is 3. The van der Waals surface area contributed by atoms with Gasteiger partial charge in [-0.3, -0.25) is 4.84 Å². The van der Waals surface area contributed by atoms with Crippen LogP contribution in [0, 0.1) is 11.3 Å². The fourth-order valence-corrected chi connectivity index (χ4v) is 6.50. The van der Waals surface area contributed by atoms with Crippen LogP contribution in [0.1, 0.15) is 17.5 Å². The van der Waals surface area contributed by atoms with Gasteiger partial charge in [-0.2, -0.15) is 14.6 Å². The maximum absolute atomic E-state index is 13.9. The highest BCUT2D eigenvalue weighted by Crippen LogP contribution is 2.35. The van der Waals surface area contributed by atoms with Crippen LogP contribution in [0.25, 0.3) is 11.1 Å². The molecule has 33 heavy (non-hydrogen) atoms. The number of hydroxylamine groups is 2. The monoisotopic (exact) mass is 459 g/mol. The van der Waals surface area contributed by atoms with Crippen molar-refractivity contribution >= 4 is 10.0 Å². The number of hydrogen-bond acceptors (Lipinski definition) is 5. The number of rotatable bonds is 4. The van der Waals surface area contributed by atoms with E-state index >= 15 is 0 Å². The number of sulfonamides is 1. The molecule has 168 valence electrons. The van der Waals surface area contributed by atoms with Crippen LogP contribution in [-0.4, -0.2) is 43.0 Å². The minimum absolute atomic E-state index is 0.207. The minimum atomic E-state index is -3.77. The molecule has 0 saturated carbocycles. The molecular weight excluding hydrogens is 434 g/mol. The maximum Gasteiger partial charge on any atom is 0.243 e. The summed E-state index contributed by atoms with van der Waals surface area (Å²) < 4.78 is 29.3. The van der Waals surface area contributed by atoms with E-state index in [2.05, 4.69) is 12.1 Å². The third-order valence-corrected chi connectivity index (χ3v) is 8.50. The zero-order chi connectivity index (χ0) is 23.0. The van der Waals surface area contributed by atoms with Crippen LogP contribution >= 0.6 is 0 Å². The lowest BCUT2D eigenvalue weighted by molar-refractivity contribution is -0.137. The van der Waals surface area contributed by atoms with E-state index in [1.54, 1.807) is 28.5 Å². The average Bonchev–Trinajstić information content (AvgIpc) is 3.24. The molecule has 1 saturated heterocycles. The van der Waals surface area contributed by atoms with E-state index in [0.717, 1.165) is 22.3 Å². The topological polar surface area (TPSA) is 73.6 Å². The lowest BCUT2D eigenvalue weighted by Crippen LogP contribution is -2.53. The Hall–Kier alpha value is -3.02. The molecule has 0 bridgehead atoms. The van der Waals surface area contributed by atoms with Crippen LogP contribution in [0.5, 0.6) is 0 Å². The fourth-order valence-electron chi connectivity index (χ4n) is 4.87. The summed E-state index contributed by atoms with van der Waals surface area (Å²) in [6.07, 6.45) is 0.485. The molecule has 2 aliphatic rings. The van der Waals surface area contributed by atoms with Gasteiger partial charge in [0.25, 0.3) is 0 Å². The number of nitrogens with zero attached hydrogens (tertiary/aromatic N) is 3. The summed E-state index contributed by atoms with van der Waals surface area (Å²) in [4.78, 5) is 5.91. The molecule has 3 aromatic carbocycles. The SMILES string of the molecule is CN1O[C@H](C#N)C[C@H]1[C@H]1Cc2ccccc2CN1S(=O)(=O)c1ccc(-c2ccccc2)cc1. The zero-order valence-corrected chi connectivity index (χ0v) is 19.2. The second kappa shape index (κ2) is 8.73. The number of fused-ring (bicyclic) bond motifs is 1. The zero-order valence-electron chi connectivity index (χ0n) is 18.3. The van der Waals surface area contributed by atoms with Crippen molar-refractivity contribution in [2.45, 2.75) is 42.5 Å². The first-order valence-electron chi connectivity index (χ1n) is 11.0. The predicted octanol–water partition coefficient (Wildman–Crippen LogP) is 4.00. The highest BCUT2D eigenvalue weighted by molar-refractivity contribution is 7.89. The molecule has 0 aromatic heterocycles. The van der Waals surface area contributed by atoms with Crippen molar-refractivity contribution in [2.24, 2.45) is 0 Å². The van der Waals surface area contributed by atoms with Crippen molar-refractivity contribution in [3.63, 3.8) is 0 Å². The lowest BCUT2D eigenvalue weighted by atomic mass is 9.90. The number of nitriles is 1. The van der Waals surface area contributed by atoms with E-state index in [-0.39, 0.29) is 17.0 Å². The molecule has 7 heteroatoms. The van der Waals surface area contributed by atoms with Gasteiger partial charge in [-0.25, -0.2) is 8.42 Å². The molecule has 2 aliphatic heterocycles. The maximum atomic E-state index is 13.9. The van der Waals surface area contributed by atoms with Crippen LogP contribution in [-0.2, 0) is 27.8 Å². The second-order valence-corrected chi connectivity index (χ2v) is 10.4. The van der Waals surface area contributed by atoms with Crippen LogP contribution in [0.2, 0.25) is 0 Å². The average molecular weight is 460 g/mol. The highest BCUT2D eigenvalue weighted by Gasteiger charge is 2.45. The van der Waals surface area contributed by atoms with Crippen LogP contribution in [0.3, 0.4) is 0 Å². The van der Waals surface area contributed by atoms with E-state index in [4.69, 9.17) is 4.84 Å². The summed E-state index contributed by atoms with van der Waals surface area (Å²) in [5, 5.41) is 11.0. The number of hydrogen-bond donors (Lipinski definition) is 0. The molecule has 3 aromatic rings. The van der Waals surface area contributed by atoms with Gasteiger partial charge in [-0.1, -0.05) is 66.7 Å². The van der Waals surface area contributed by atoms with E-state index in [9.17, 15) is 13.7 Å². The molecule has 0 unspecified atom stereocenters. The Bertz CT molecular complexity index is 1290. The molecule has 2 heterocycles. The summed E-state index contributed by atoms with van der Waals surface area (Å²) >= 11 is 0. The van der Waals surface area contributed by atoms with Gasteiger partial charge in [0.15, 0.2) is 6.10 Å². The van der Waals surface area contributed by atoms with Gasteiger partial charge < -0.3 is 0 Å². The third kappa shape index (κ3) is 4.07. The Labute approximate surface area is 194 Å². The normalized spacial score (nSPS) is 23.7. The van der Waals surface area contributed by atoms with Crippen molar-refractivity contribution in [3.05, 3.63) is 90.0 Å². The molecule has 0 aliphatic carbocycles. The van der Waals surface area contributed by atoms with E-state index in [1.165, 1.54) is 0 Å². The van der Waals surface area contributed by atoms with E-state index in [0.29, 0.717) is 19.4 Å². The molecule has 5 rings (SSSR count). The predicted molar refractivity (Wildman–Crippen MR) is 125 cm³/mol. The molecular formula is C26H25N3O3S. The van der Waals surface area contributed by atoms with Crippen LogP contribution in [0.15, 0.2) is 83.8 Å². The Morgan fingerprint density at radius 1 is 0.879 bits per heavy atom. The Kier molecular flexibility index (Phi) is 5.77. The molecule has 1 fully saturated rings. The highest BCUT2D eigenvalue weighted by atomic mass is 32.2. The van der Waals surface area contributed by atoms with E-state index < -0.39 is 16.1 Å². The molecule has 3 atom stereocenters. The lowest BCUT2D eigenvalue weighted by Gasteiger charge is -2.40. The molecule has 0 radical (unpaired) electrons. The summed E-state index contributed by atoms with van der Waals surface area (Å²) in [6, 6.07) is 26.5. The summed E-state index contributed by atoms with van der Waals surface area (Å²) in [5.41, 5.74) is 4.16. The fraction of sp³-hybridized carbons (Fsp3) is 0.269. The van der Waals surface area contributed by atoms with Crippen LogP contribution in [0.4, 0.5) is 0 Å². The molecule has 0 amide bonds.